The van der Waals surface area contributed by atoms with E-state index in [0.717, 1.165) is 57.8 Å². The number of allylic oxidation sites excluding steroid dienone is 9. The van der Waals surface area contributed by atoms with Gasteiger partial charge in [-0.15, -0.1) is 0 Å². The van der Waals surface area contributed by atoms with Crippen LogP contribution in [0.25, 0.3) is 0 Å². The number of carbonyl (C=O) groups is 1. The summed E-state index contributed by atoms with van der Waals surface area (Å²) in [6, 6.07) is -1.08. The lowest BCUT2D eigenvalue weighted by atomic mass is 10.1. The van der Waals surface area contributed by atoms with E-state index in [1.165, 1.54) is 70.3 Å². The van der Waals surface area contributed by atoms with E-state index >= 15 is 0 Å². The molecule has 45 heavy (non-hydrogen) atoms. The summed E-state index contributed by atoms with van der Waals surface area (Å²) in [5.74, 6) is -1.03. The number of amides is 1. The van der Waals surface area contributed by atoms with Gasteiger partial charge in [-0.05, 0) is 70.6 Å². The van der Waals surface area contributed by atoms with Gasteiger partial charge in [0, 0.05) is 6.42 Å². The minimum atomic E-state index is -4.36. The molecule has 0 fully saturated rings. The average molecular weight is 650 g/mol. The molecule has 0 aliphatic heterocycles. The molecule has 6 nitrogen and oxygen atoms in total. The number of aliphatic hydroxyl groups excluding tert-OH is 1. The van der Waals surface area contributed by atoms with Crippen LogP contribution in [0.1, 0.15) is 155 Å². The van der Waals surface area contributed by atoms with Crippen LogP contribution in [0, 0.1) is 0 Å². The van der Waals surface area contributed by atoms with E-state index in [1.807, 2.05) is 0 Å². The van der Waals surface area contributed by atoms with Gasteiger partial charge >= 0.3 is 0 Å². The third kappa shape index (κ3) is 33.2. The molecule has 1 amide bonds. The van der Waals surface area contributed by atoms with Crippen molar-refractivity contribution in [2.45, 2.75) is 167 Å². The molecule has 0 heterocycles. The quantitative estimate of drug-likeness (QED) is 0.0394. The Hall–Kier alpha value is -1.96. The normalized spacial score (nSPS) is 14.1. The number of hydrogen-bond donors (Lipinski definition) is 3. The van der Waals surface area contributed by atoms with Crippen molar-refractivity contribution in [3.63, 3.8) is 0 Å². The molecule has 0 aromatic heterocycles. The van der Waals surface area contributed by atoms with Crippen LogP contribution >= 0.6 is 0 Å². The Kier molecular flexibility index (Phi) is 30.6. The molecule has 0 aliphatic rings. The predicted molar refractivity (Wildman–Crippen MR) is 193 cm³/mol. The maximum atomic E-state index is 12.4. The zero-order valence-corrected chi connectivity index (χ0v) is 29.5. The first-order chi connectivity index (χ1) is 21.8. The van der Waals surface area contributed by atoms with Crippen molar-refractivity contribution in [3.05, 3.63) is 60.8 Å². The summed E-state index contributed by atoms with van der Waals surface area (Å²) in [5.41, 5.74) is 0. The molecule has 0 spiro atoms. The predicted octanol–water partition coefficient (Wildman–Crippen LogP) is 10.1. The number of hydrogen-bond acceptors (Lipinski definition) is 4. The molecule has 2 atom stereocenters. The fraction of sp³-hybridized carbons (Fsp3) is 0.711. The summed E-state index contributed by atoms with van der Waals surface area (Å²) < 4.78 is 32.3. The van der Waals surface area contributed by atoms with E-state index < -0.39 is 28.0 Å². The van der Waals surface area contributed by atoms with Crippen LogP contribution in [0.15, 0.2) is 60.8 Å². The molecule has 0 saturated carbocycles. The lowest BCUT2D eigenvalue weighted by Gasteiger charge is -2.21. The first-order valence-corrected chi connectivity index (χ1v) is 19.6. The fourth-order valence-electron chi connectivity index (χ4n) is 4.91. The maximum Gasteiger partial charge on any atom is 0.267 e. The van der Waals surface area contributed by atoms with Crippen LogP contribution in [-0.2, 0) is 14.9 Å². The number of nitrogens with one attached hydrogen (secondary N) is 1. The lowest BCUT2D eigenvalue weighted by molar-refractivity contribution is -0.122. The summed E-state index contributed by atoms with van der Waals surface area (Å²) in [6.07, 6.45) is 43.4. The summed E-state index contributed by atoms with van der Waals surface area (Å²) >= 11 is 0. The average Bonchev–Trinajstić information content (AvgIpc) is 3.00. The highest BCUT2D eigenvalue weighted by Gasteiger charge is 2.24. The number of carbonyl (C=O) groups excluding carboxylic acids is 1. The van der Waals surface area contributed by atoms with Gasteiger partial charge in [0.05, 0.1) is 17.9 Å². The Morgan fingerprint density at radius 3 is 1.60 bits per heavy atom. The third-order valence-electron chi connectivity index (χ3n) is 7.64. The van der Waals surface area contributed by atoms with E-state index in [0.29, 0.717) is 12.8 Å². The Morgan fingerprint density at radius 1 is 0.600 bits per heavy atom. The van der Waals surface area contributed by atoms with Crippen molar-refractivity contribution in [2.75, 3.05) is 5.75 Å². The Morgan fingerprint density at radius 2 is 1.04 bits per heavy atom. The second-order valence-electron chi connectivity index (χ2n) is 12.1. The number of aliphatic hydroxyl groups is 1. The van der Waals surface area contributed by atoms with Crippen LogP contribution in [0.3, 0.4) is 0 Å². The minimum Gasteiger partial charge on any atom is -0.387 e. The van der Waals surface area contributed by atoms with Gasteiger partial charge in [0.15, 0.2) is 0 Å². The van der Waals surface area contributed by atoms with Crippen LogP contribution in [-0.4, -0.2) is 41.9 Å². The maximum absolute atomic E-state index is 12.4. The smallest absolute Gasteiger partial charge is 0.267 e. The topological polar surface area (TPSA) is 104 Å². The van der Waals surface area contributed by atoms with E-state index in [1.54, 1.807) is 6.08 Å². The van der Waals surface area contributed by atoms with Gasteiger partial charge in [0.1, 0.15) is 0 Å². The van der Waals surface area contributed by atoms with Crippen molar-refractivity contribution >= 4 is 16.0 Å². The van der Waals surface area contributed by atoms with E-state index in [2.05, 4.69) is 67.8 Å². The van der Waals surface area contributed by atoms with Gasteiger partial charge in [0.25, 0.3) is 10.1 Å². The van der Waals surface area contributed by atoms with Gasteiger partial charge in [-0.25, -0.2) is 0 Å². The van der Waals surface area contributed by atoms with E-state index in [4.69, 9.17) is 0 Å². The van der Waals surface area contributed by atoms with Crippen LogP contribution in [0.5, 0.6) is 0 Å². The first kappa shape index (κ1) is 43.0. The molecule has 0 bridgehead atoms. The van der Waals surface area contributed by atoms with Crippen molar-refractivity contribution in [2.24, 2.45) is 0 Å². The second kappa shape index (κ2) is 32.0. The lowest BCUT2D eigenvalue weighted by Crippen LogP contribution is -2.46. The highest BCUT2D eigenvalue weighted by Crippen LogP contribution is 2.11. The standard InChI is InChI=1S/C38H67NO5S/c1-3-5-7-9-11-13-15-17-18-19-20-21-22-24-26-28-30-32-34-38(41)39-36(35-45(42,43)44)37(40)33-31-29-27-25-23-16-14-12-10-8-6-4-2/h10,12-13,15,18-19,23,25,31,33,36-37,40H,3-9,11,14,16-17,20-22,24,26-30,32,34-35H2,1-2H3,(H,39,41)(H,42,43,44)/b12-10+,15-13-,19-18-,25-23+,33-31+. The molecule has 0 rings (SSSR count). The zero-order valence-electron chi connectivity index (χ0n) is 28.7. The van der Waals surface area contributed by atoms with E-state index in [-0.39, 0.29) is 12.3 Å². The van der Waals surface area contributed by atoms with E-state index in [9.17, 15) is 22.9 Å². The second-order valence-corrected chi connectivity index (χ2v) is 13.6. The van der Waals surface area contributed by atoms with Crippen molar-refractivity contribution in [1.29, 1.82) is 0 Å². The highest BCUT2D eigenvalue weighted by atomic mass is 32.2. The molecule has 0 aromatic carbocycles. The largest absolute Gasteiger partial charge is 0.387 e. The highest BCUT2D eigenvalue weighted by molar-refractivity contribution is 7.85. The van der Waals surface area contributed by atoms with Gasteiger partial charge in [-0.3, -0.25) is 9.35 Å². The number of rotatable bonds is 31. The molecule has 7 heteroatoms. The molecule has 2 unspecified atom stereocenters. The third-order valence-corrected chi connectivity index (χ3v) is 8.42. The molecule has 260 valence electrons. The Balaban J connectivity index is 4.06. The summed E-state index contributed by atoms with van der Waals surface area (Å²) in [4.78, 5) is 12.4. The van der Waals surface area contributed by atoms with Gasteiger partial charge in [-0.2, -0.15) is 8.42 Å². The van der Waals surface area contributed by atoms with Crippen LogP contribution in [0.4, 0.5) is 0 Å². The molecule has 0 saturated heterocycles. The molecular weight excluding hydrogens is 582 g/mol. The SMILES string of the molecule is CCCC/C=C/CC/C=C/CC/C=C/C(O)C(CS(=O)(=O)O)NC(=O)CCCCCCCCC/C=C\C/C=C\CCCCCC. The van der Waals surface area contributed by atoms with Crippen LogP contribution < -0.4 is 5.32 Å². The fourth-order valence-corrected chi connectivity index (χ4v) is 5.64. The van der Waals surface area contributed by atoms with Crippen molar-refractivity contribution < 1.29 is 22.9 Å². The first-order valence-electron chi connectivity index (χ1n) is 18.0. The molecular formula is C38H67NO5S. The van der Waals surface area contributed by atoms with Crippen molar-refractivity contribution in [1.82, 2.24) is 5.32 Å². The Labute approximate surface area is 277 Å². The van der Waals surface area contributed by atoms with Gasteiger partial charge in [-0.1, -0.05) is 139 Å². The van der Waals surface area contributed by atoms with Gasteiger partial charge in [0.2, 0.25) is 5.91 Å². The Bertz CT molecular complexity index is 936. The minimum absolute atomic E-state index is 0.273. The molecule has 3 N–H and O–H groups in total. The molecule has 0 aliphatic carbocycles. The monoisotopic (exact) mass is 649 g/mol. The van der Waals surface area contributed by atoms with Crippen LogP contribution in [0.2, 0.25) is 0 Å². The number of unbranched alkanes of at least 4 members (excludes halogenated alkanes) is 15. The summed E-state index contributed by atoms with van der Waals surface area (Å²) in [7, 11) is -4.36. The van der Waals surface area contributed by atoms with Gasteiger partial charge < -0.3 is 10.4 Å². The molecule has 0 aromatic rings. The molecule has 0 radical (unpaired) electrons. The summed E-state index contributed by atoms with van der Waals surface area (Å²) in [6.45, 7) is 4.43. The zero-order chi connectivity index (χ0) is 33.3. The summed E-state index contributed by atoms with van der Waals surface area (Å²) in [5, 5.41) is 13.1. The van der Waals surface area contributed by atoms with Crippen molar-refractivity contribution in [3.8, 4) is 0 Å².